The Morgan fingerprint density at radius 1 is 1.43 bits per heavy atom. The molecule has 1 aromatic heterocycles. The van der Waals surface area contributed by atoms with E-state index in [1.165, 1.54) is 0 Å². The molecule has 0 fully saturated rings. The summed E-state index contributed by atoms with van der Waals surface area (Å²) in [6.45, 7) is 5.62. The fourth-order valence-corrected chi connectivity index (χ4v) is 0.937. The van der Waals surface area contributed by atoms with Crippen molar-refractivity contribution in [1.82, 2.24) is 9.97 Å². The summed E-state index contributed by atoms with van der Waals surface area (Å²) in [5.74, 6) is 0.380. The zero-order chi connectivity index (χ0) is 10.7. The van der Waals surface area contributed by atoms with Gasteiger partial charge in [-0.05, 0) is 12.8 Å². The van der Waals surface area contributed by atoms with Crippen LogP contribution < -0.4 is 5.73 Å². The summed E-state index contributed by atoms with van der Waals surface area (Å²) < 4.78 is 12.7. The van der Waals surface area contributed by atoms with Crippen molar-refractivity contribution in [3.8, 4) is 0 Å². The Morgan fingerprint density at radius 2 is 2.07 bits per heavy atom. The highest BCUT2D eigenvalue weighted by atomic mass is 19.1. The quantitative estimate of drug-likeness (QED) is 0.580. The lowest BCUT2D eigenvalue weighted by Crippen LogP contribution is -2.00. The molecule has 0 saturated heterocycles. The highest BCUT2D eigenvalue weighted by Crippen LogP contribution is 2.22. The summed E-state index contributed by atoms with van der Waals surface area (Å²) in [6, 6.07) is 0. The van der Waals surface area contributed by atoms with E-state index in [9.17, 15) is 4.39 Å². The van der Waals surface area contributed by atoms with Crippen LogP contribution in [-0.2, 0) is 0 Å². The minimum atomic E-state index is -0.816. The van der Waals surface area contributed by atoms with Crippen LogP contribution in [0.1, 0.15) is 19.5 Å². The van der Waals surface area contributed by atoms with Crippen LogP contribution in [-0.4, -0.2) is 16.2 Å². The molecule has 0 spiro atoms. The topological polar surface area (TPSA) is 64.2 Å². The summed E-state index contributed by atoms with van der Waals surface area (Å²) in [7, 11) is 0. The van der Waals surface area contributed by atoms with Crippen LogP contribution in [0, 0.1) is 18.9 Å². The fraction of sp³-hybridized carbons (Fsp3) is 0.444. The van der Waals surface area contributed by atoms with Gasteiger partial charge in [0.05, 0.1) is 5.69 Å². The van der Waals surface area contributed by atoms with Crippen LogP contribution in [0.4, 0.5) is 15.9 Å². The van der Waals surface area contributed by atoms with Gasteiger partial charge in [0, 0.05) is 6.21 Å². The summed E-state index contributed by atoms with van der Waals surface area (Å²) in [4.78, 5) is 11.0. The molecule has 4 nitrogen and oxygen atoms in total. The van der Waals surface area contributed by atoms with Crippen LogP contribution in [0.3, 0.4) is 0 Å². The first-order chi connectivity index (χ1) is 6.50. The summed E-state index contributed by atoms with van der Waals surface area (Å²) in [5.41, 5.74) is 6.40. The average molecular weight is 196 g/mol. The molecule has 1 heterocycles. The van der Waals surface area contributed by atoms with E-state index in [2.05, 4.69) is 15.0 Å². The largest absolute Gasteiger partial charge is 0.382 e. The second-order valence-electron chi connectivity index (χ2n) is 3.33. The van der Waals surface area contributed by atoms with Gasteiger partial charge in [0.1, 0.15) is 5.69 Å². The molecule has 0 radical (unpaired) electrons. The van der Waals surface area contributed by atoms with Gasteiger partial charge in [-0.2, -0.15) is 9.37 Å². The first-order valence-corrected chi connectivity index (χ1v) is 4.34. The van der Waals surface area contributed by atoms with Gasteiger partial charge in [0.25, 0.3) is 0 Å². The lowest BCUT2D eigenvalue weighted by Gasteiger charge is -2.02. The minimum absolute atomic E-state index is 0.0758. The van der Waals surface area contributed by atoms with Crippen LogP contribution in [0.5, 0.6) is 0 Å². The molecular formula is C9H13FN4. The first kappa shape index (κ1) is 10.6. The lowest BCUT2D eigenvalue weighted by molar-refractivity contribution is 0.537. The van der Waals surface area contributed by atoms with E-state index in [1.807, 2.05) is 13.8 Å². The Balaban J connectivity index is 3.09. The van der Waals surface area contributed by atoms with E-state index < -0.39 is 6.08 Å². The number of nitrogens with zero attached hydrogens (tertiary/aromatic N) is 3. The molecule has 0 bridgehead atoms. The molecule has 0 aliphatic rings. The highest BCUT2D eigenvalue weighted by molar-refractivity contribution is 5.70. The van der Waals surface area contributed by atoms with E-state index in [1.54, 1.807) is 13.1 Å². The third-order valence-electron chi connectivity index (χ3n) is 1.56. The Bertz CT molecular complexity index is 337. The molecule has 0 amide bonds. The number of hydrogen-bond acceptors (Lipinski definition) is 4. The number of aliphatic imine (C=N–C) groups is 1. The average Bonchev–Trinajstić information content (AvgIpc) is 2.01. The van der Waals surface area contributed by atoms with Gasteiger partial charge in [-0.3, -0.25) is 4.99 Å². The first-order valence-electron chi connectivity index (χ1n) is 4.34. The van der Waals surface area contributed by atoms with Crippen LogP contribution >= 0.6 is 0 Å². The van der Waals surface area contributed by atoms with Gasteiger partial charge in [-0.25, -0.2) is 4.98 Å². The number of hydrogen-bond donors (Lipinski definition) is 1. The van der Waals surface area contributed by atoms with Crippen molar-refractivity contribution in [2.45, 2.75) is 20.8 Å². The third-order valence-corrected chi connectivity index (χ3v) is 1.56. The van der Waals surface area contributed by atoms with Crippen molar-refractivity contribution < 1.29 is 4.39 Å². The number of nitrogen functional groups attached to an aromatic ring is 1. The van der Waals surface area contributed by atoms with Gasteiger partial charge < -0.3 is 5.73 Å². The highest BCUT2D eigenvalue weighted by Gasteiger charge is 2.07. The molecule has 0 saturated carbocycles. The van der Waals surface area contributed by atoms with Crippen LogP contribution in [0.25, 0.3) is 0 Å². The van der Waals surface area contributed by atoms with E-state index >= 15 is 0 Å². The molecule has 76 valence electrons. The zero-order valence-corrected chi connectivity index (χ0v) is 8.45. The Morgan fingerprint density at radius 3 is 2.57 bits per heavy atom. The molecule has 0 unspecified atom stereocenters. The van der Waals surface area contributed by atoms with Gasteiger partial charge in [0.2, 0.25) is 0 Å². The fourth-order valence-electron chi connectivity index (χ4n) is 0.937. The minimum Gasteiger partial charge on any atom is -0.382 e. The third kappa shape index (κ3) is 2.48. The molecule has 2 N–H and O–H groups in total. The second kappa shape index (κ2) is 4.13. The molecule has 0 atom stereocenters. The molecule has 1 rings (SSSR count). The van der Waals surface area contributed by atoms with E-state index in [0.29, 0.717) is 17.3 Å². The SMILES string of the molecule is Cc1nc(F)nc(N)c1N=CC(C)C. The maximum absolute atomic E-state index is 12.7. The normalized spacial score (nSPS) is 11.5. The zero-order valence-electron chi connectivity index (χ0n) is 8.45. The van der Waals surface area contributed by atoms with Gasteiger partial charge in [0.15, 0.2) is 5.82 Å². The smallest absolute Gasteiger partial charge is 0.310 e. The molecular weight excluding hydrogens is 183 g/mol. The monoisotopic (exact) mass is 196 g/mol. The van der Waals surface area contributed by atoms with Gasteiger partial charge in [-0.15, -0.1) is 0 Å². The van der Waals surface area contributed by atoms with E-state index in [-0.39, 0.29) is 5.82 Å². The van der Waals surface area contributed by atoms with Crippen molar-refractivity contribution in [2.24, 2.45) is 10.9 Å². The van der Waals surface area contributed by atoms with Crippen LogP contribution in [0.2, 0.25) is 0 Å². The lowest BCUT2D eigenvalue weighted by atomic mass is 10.2. The molecule has 5 heteroatoms. The molecule has 0 aliphatic heterocycles. The Hall–Kier alpha value is -1.52. The summed E-state index contributed by atoms with van der Waals surface area (Å²) >= 11 is 0. The number of aromatic nitrogens is 2. The number of anilines is 1. The van der Waals surface area contributed by atoms with E-state index in [0.717, 1.165) is 0 Å². The van der Waals surface area contributed by atoms with Crippen molar-refractivity contribution in [1.29, 1.82) is 0 Å². The van der Waals surface area contributed by atoms with Crippen molar-refractivity contribution >= 4 is 17.7 Å². The number of nitrogens with two attached hydrogens (primary N) is 1. The summed E-state index contributed by atoms with van der Waals surface area (Å²) in [5, 5.41) is 0. The number of rotatable bonds is 2. The van der Waals surface area contributed by atoms with Gasteiger partial charge in [-0.1, -0.05) is 13.8 Å². The van der Waals surface area contributed by atoms with E-state index in [4.69, 9.17) is 5.73 Å². The number of aryl methyl sites for hydroxylation is 1. The second-order valence-corrected chi connectivity index (χ2v) is 3.33. The Kier molecular flexibility index (Phi) is 3.11. The molecule has 0 aromatic carbocycles. The van der Waals surface area contributed by atoms with Crippen LogP contribution in [0.15, 0.2) is 4.99 Å². The molecule has 1 aromatic rings. The molecule has 0 aliphatic carbocycles. The Labute approximate surface area is 82.1 Å². The predicted octanol–water partition coefficient (Wildman–Crippen LogP) is 1.86. The van der Waals surface area contributed by atoms with Crippen molar-refractivity contribution in [3.05, 3.63) is 11.8 Å². The van der Waals surface area contributed by atoms with Crippen molar-refractivity contribution in [2.75, 3.05) is 5.73 Å². The van der Waals surface area contributed by atoms with Crippen molar-refractivity contribution in [3.63, 3.8) is 0 Å². The number of halogens is 1. The summed E-state index contributed by atoms with van der Waals surface area (Å²) in [6.07, 6.45) is 0.906. The predicted molar refractivity (Wildman–Crippen MR) is 54.1 cm³/mol. The molecule has 14 heavy (non-hydrogen) atoms. The van der Waals surface area contributed by atoms with Gasteiger partial charge >= 0.3 is 6.08 Å². The standard InChI is InChI=1S/C9H13FN4/c1-5(2)4-12-7-6(3)13-9(10)14-8(7)11/h4-5H,1-3H3,(H2,11,13,14). The maximum atomic E-state index is 12.7. The maximum Gasteiger partial charge on any atom is 0.310 e.